The first-order valence-corrected chi connectivity index (χ1v) is 10.6. The van der Waals surface area contributed by atoms with Crippen molar-refractivity contribution in [2.45, 2.75) is 55.9 Å². The Balaban J connectivity index is 1.76. The van der Waals surface area contributed by atoms with Crippen LogP contribution >= 0.6 is 0 Å². The van der Waals surface area contributed by atoms with Crippen LogP contribution in [0.3, 0.4) is 0 Å². The van der Waals surface area contributed by atoms with Crippen LogP contribution < -0.4 is 5.73 Å². The summed E-state index contributed by atoms with van der Waals surface area (Å²) >= 11 is 0. The van der Waals surface area contributed by atoms with Gasteiger partial charge in [-0.05, 0) is 37.0 Å². The lowest BCUT2D eigenvalue weighted by Crippen LogP contribution is -2.54. The summed E-state index contributed by atoms with van der Waals surface area (Å²) in [7, 11) is -4.08. The molecule has 0 aliphatic carbocycles. The molecule has 1 amide bonds. The Morgan fingerprint density at radius 3 is 2.46 bits per heavy atom. The molecular formula is C18H24F3N3O3S. The second-order valence-corrected chi connectivity index (χ2v) is 9.76. The summed E-state index contributed by atoms with van der Waals surface area (Å²) in [6.45, 7) is 4.22. The Bertz CT molecular complexity index is 857. The molecule has 2 aliphatic heterocycles. The normalized spacial score (nSPS) is 24.2. The predicted octanol–water partition coefficient (Wildman–Crippen LogP) is 2.05. The average molecular weight is 419 g/mol. The van der Waals surface area contributed by atoms with E-state index >= 15 is 0 Å². The lowest BCUT2D eigenvalue weighted by molar-refractivity contribution is -0.138. The fourth-order valence-electron chi connectivity index (χ4n) is 3.98. The molecule has 0 unspecified atom stereocenters. The number of halogens is 3. The minimum Gasteiger partial charge on any atom is -0.335 e. The molecule has 3 atom stereocenters. The molecule has 3 rings (SSSR count). The van der Waals surface area contributed by atoms with Crippen LogP contribution in [0.25, 0.3) is 0 Å². The number of fused-ring (bicyclic) bond motifs is 2. The van der Waals surface area contributed by atoms with Crippen molar-refractivity contribution in [1.29, 1.82) is 0 Å². The van der Waals surface area contributed by atoms with Crippen LogP contribution in [-0.4, -0.2) is 54.7 Å². The van der Waals surface area contributed by atoms with Crippen molar-refractivity contribution in [2.75, 3.05) is 13.1 Å². The zero-order chi connectivity index (χ0) is 20.9. The third-order valence-electron chi connectivity index (χ3n) is 5.28. The molecule has 1 aromatic rings. The average Bonchev–Trinajstić information content (AvgIpc) is 3.21. The second-order valence-electron chi connectivity index (χ2n) is 7.87. The number of sulfonamides is 1. The Hall–Kier alpha value is -1.65. The minimum absolute atomic E-state index is 0.0728. The molecule has 0 spiro atoms. The summed E-state index contributed by atoms with van der Waals surface area (Å²) in [6, 6.07) is 2.38. The molecule has 10 heteroatoms. The molecule has 0 saturated carbocycles. The largest absolute Gasteiger partial charge is 0.416 e. The van der Waals surface area contributed by atoms with Gasteiger partial charge in [0.2, 0.25) is 15.9 Å². The van der Waals surface area contributed by atoms with Crippen molar-refractivity contribution in [1.82, 2.24) is 9.21 Å². The number of benzene rings is 1. The maximum Gasteiger partial charge on any atom is 0.416 e. The fourth-order valence-corrected chi connectivity index (χ4v) is 5.70. The molecule has 156 valence electrons. The molecule has 2 N–H and O–H groups in total. The summed E-state index contributed by atoms with van der Waals surface area (Å²) in [5.41, 5.74) is 4.96. The number of rotatable bonds is 5. The van der Waals surface area contributed by atoms with Gasteiger partial charge in [-0.3, -0.25) is 4.79 Å². The van der Waals surface area contributed by atoms with Crippen LogP contribution in [0.1, 0.15) is 32.3 Å². The number of alkyl halides is 3. The van der Waals surface area contributed by atoms with Crippen molar-refractivity contribution < 1.29 is 26.4 Å². The lowest BCUT2D eigenvalue weighted by Gasteiger charge is -2.35. The van der Waals surface area contributed by atoms with Gasteiger partial charge in [-0.25, -0.2) is 8.42 Å². The molecule has 1 aromatic carbocycles. The van der Waals surface area contributed by atoms with Gasteiger partial charge in [0.05, 0.1) is 16.5 Å². The number of nitrogens with two attached hydrogens (primary N) is 1. The standard InChI is InChI=1S/C18H24F3N3O3S/c1-11(2)6-16(22)17(25)23-9-14-8-13(23)10-24(14)28(26,27)15-5-3-4-12(7-15)18(19,20)21/h3-5,7,11,13-14,16H,6,8-10,22H2,1-2H3/t13-,14+,16+/m0/s1. The Kier molecular flexibility index (Phi) is 5.50. The monoisotopic (exact) mass is 419 g/mol. The van der Waals surface area contributed by atoms with Crippen molar-refractivity contribution in [3.05, 3.63) is 29.8 Å². The highest BCUT2D eigenvalue weighted by Gasteiger charge is 2.50. The van der Waals surface area contributed by atoms with Crippen molar-refractivity contribution in [3.8, 4) is 0 Å². The Morgan fingerprint density at radius 2 is 1.93 bits per heavy atom. The number of likely N-dealkylation sites (tertiary alicyclic amines) is 1. The summed E-state index contributed by atoms with van der Waals surface area (Å²) in [5.74, 6) is 0.0637. The maximum atomic E-state index is 12.9. The van der Waals surface area contributed by atoms with Crippen molar-refractivity contribution in [3.63, 3.8) is 0 Å². The van der Waals surface area contributed by atoms with Crippen LogP contribution in [0.15, 0.2) is 29.2 Å². The van der Waals surface area contributed by atoms with Gasteiger partial charge < -0.3 is 10.6 Å². The third-order valence-corrected chi connectivity index (χ3v) is 7.20. The number of carbonyl (C=O) groups excluding carboxylic acids is 1. The summed E-state index contributed by atoms with van der Waals surface area (Å²) in [5, 5.41) is 0. The third kappa shape index (κ3) is 3.90. The number of amides is 1. The van der Waals surface area contributed by atoms with E-state index in [0.717, 1.165) is 18.2 Å². The first-order valence-electron chi connectivity index (χ1n) is 9.16. The summed E-state index contributed by atoms with van der Waals surface area (Å²) in [4.78, 5) is 13.8. The first-order chi connectivity index (χ1) is 12.9. The van der Waals surface area contributed by atoms with E-state index in [1.165, 1.54) is 4.31 Å². The molecule has 2 bridgehead atoms. The predicted molar refractivity (Wildman–Crippen MR) is 96.7 cm³/mol. The highest BCUT2D eigenvalue weighted by molar-refractivity contribution is 7.89. The molecule has 6 nitrogen and oxygen atoms in total. The molecule has 2 heterocycles. The van der Waals surface area contributed by atoms with Gasteiger partial charge in [0.15, 0.2) is 0 Å². The van der Waals surface area contributed by atoms with Crippen LogP contribution in [0, 0.1) is 5.92 Å². The van der Waals surface area contributed by atoms with E-state index < -0.39 is 33.8 Å². The van der Waals surface area contributed by atoms with Crippen LogP contribution in [0.4, 0.5) is 13.2 Å². The van der Waals surface area contributed by atoms with Gasteiger partial charge in [0.25, 0.3) is 0 Å². The van der Waals surface area contributed by atoms with E-state index in [0.29, 0.717) is 18.9 Å². The molecular weight excluding hydrogens is 395 g/mol. The SMILES string of the molecule is CC(C)C[C@@H](N)C(=O)N1C[C@H]2C[C@H]1CN2S(=O)(=O)c1cccc(C(F)(F)F)c1. The van der Waals surface area contributed by atoms with E-state index in [4.69, 9.17) is 5.73 Å². The van der Waals surface area contributed by atoms with E-state index in [9.17, 15) is 26.4 Å². The summed E-state index contributed by atoms with van der Waals surface area (Å²) in [6.07, 6.45) is -3.61. The highest BCUT2D eigenvalue weighted by atomic mass is 32.2. The van der Waals surface area contributed by atoms with Crippen molar-refractivity contribution in [2.24, 2.45) is 11.7 Å². The molecule has 0 radical (unpaired) electrons. The van der Waals surface area contributed by atoms with Crippen LogP contribution in [0.5, 0.6) is 0 Å². The fraction of sp³-hybridized carbons (Fsp3) is 0.611. The number of carbonyl (C=O) groups is 1. The van der Waals surface area contributed by atoms with Crippen LogP contribution in [0.2, 0.25) is 0 Å². The van der Waals surface area contributed by atoms with Gasteiger partial charge in [-0.2, -0.15) is 17.5 Å². The lowest BCUT2D eigenvalue weighted by atomic mass is 10.0. The van der Waals surface area contributed by atoms with Gasteiger partial charge in [-0.1, -0.05) is 19.9 Å². The zero-order valence-electron chi connectivity index (χ0n) is 15.7. The molecule has 2 saturated heterocycles. The number of nitrogens with zero attached hydrogens (tertiary/aromatic N) is 2. The Labute approximate surface area is 162 Å². The zero-order valence-corrected chi connectivity index (χ0v) is 16.5. The Morgan fingerprint density at radius 1 is 1.25 bits per heavy atom. The highest BCUT2D eigenvalue weighted by Crippen LogP contribution is 2.37. The number of hydrogen-bond acceptors (Lipinski definition) is 4. The van der Waals surface area contributed by atoms with Gasteiger partial charge in [0, 0.05) is 25.2 Å². The topological polar surface area (TPSA) is 83.7 Å². The molecule has 2 fully saturated rings. The molecule has 2 aliphatic rings. The van der Waals surface area contributed by atoms with E-state index in [1.54, 1.807) is 4.90 Å². The van der Waals surface area contributed by atoms with Gasteiger partial charge in [0.1, 0.15) is 0 Å². The molecule has 28 heavy (non-hydrogen) atoms. The first kappa shape index (κ1) is 21.1. The maximum absolute atomic E-state index is 12.9. The minimum atomic E-state index is -4.62. The summed E-state index contributed by atoms with van der Waals surface area (Å²) < 4.78 is 65.8. The smallest absolute Gasteiger partial charge is 0.335 e. The van der Waals surface area contributed by atoms with Crippen LogP contribution in [-0.2, 0) is 21.0 Å². The second kappa shape index (κ2) is 7.31. The number of hydrogen-bond donors (Lipinski definition) is 1. The van der Waals surface area contributed by atoms with Crippen molar-refractivity contribution >= 4 is 15.9 Å². The van der Waals surface area contributed by atoms with E-state index in [-0.39, 0.29) is 35.9 Å². The number of piperazine rings is 1. The molecule has 0 aromatic heterocycles. The van der Waals surface area contributed by atoms with Gasteiger partial charge >= 0.3 is 6.18 Å². The van der Waals surface area contributed by atoms with Gasteiger partial charge in [-0.15, -0.1) is 0 Å². The van der Waals surface area contributed by atoms with E-state index in [2.05, 4.69) is 0 Å². The quantitative estimate of drug-likeness (QED) is 0.792. The van der Waals surface area contributed by atoms with E-state index in [1.807, 2.05) is 13.8 Å².